The van der Waals surface area contributed by atoms with Crippen LogP contribution in [0.15, 0.2) is 89.8 Å². The largest absolute Gasteiger partial charge is 0.469 e. The number of ether oxygens (including phenoxy) is 3. The second-order valence-corrected chi connectivity index (χ2v) is 10.00. The lowest BCUT2D eigenvalue weighted by Gasteiger charge is -2.25. The predicted octanol–water partition coefficient (Wildman–Crippen LogP) is 4.86. The first-order valence-corrected chi connectivity index (χ1v) is 12.9. The number of sulfonamides is 1. The minimum atomic E-state index is -4.29. The van der Waals surface area contributed by atoms with Gasteiger partial charge < -0.3 is 14.2 Å². The van der Waals surface area contributed by atoms with Crippen molar-refractivity contribution in [3.8, 4) is 11.5 Å². The molecule has 0 unspecified atom stereocenters. The molecular weight excluding hydrogens is 513 g/mol. The van der Waals surface area contributed by atoms with E-state index in [9.17, 15) is 22.4 Å². The Morgan fingerprint density at radius 1 is 0.763 bits per heavy atom. The average Bonchev–Trinajstić information content (AvgIpc) is 2.93. The Labute approximate surface area is 219 Å². The van der Waals surface area contributed by atoms with Gasteiger partial charge in [0.05, 0.1) is 31.2 Å². The van der Waals surface area contributed by atoms with Crippen molar-refractivity contribution in [3.05, 3.63) is 96.3 Å². The van der Waals surface area contributed by atoms with E-state index in [0.29, 0.717) is 27.8 Å². The zero-order chi connectivity index (χ0) is 27.3. The summed E-state index contributed by atoms with van der Waals surface area (Å²) in [4.78, 5) is 23.9. The van der Waals surface area contributed by atoms with Crippen molar-refractivity contribution in [1.29, 1.82) is 0 Å². The molecule has 4 rings (SSSR count). The van der Waals surface area contributed by atoms with Gasteiger partial charge in [0.25, 0.3) is 10.0 Å². The zero-order valence-corrected chi connectivity index (χ0v) is 21.4. The number of halogens is 1. The number of rotatable bonds is 9. The number of nitrogens with zero attached hydrogens (tertiary/aromatic N) is 1. The fourth-order valence-corrected chi connectivity index (χ4v) is 5.30. The van der Waals surface area contributed by atoms with Gasteiger partial charge >= 0.3 is 11.9 Å². The molecule has 4 aromatic rings. The van der Waals surface area contributed by atoms with Gasteiger partial charge in [0.15, 0.2) is 0 Å². The molecule has 0 amide bonds. The Bertz CT molecular complexity index is 1590. The van der Waals surface area contributed by atoms with Crippen molar-refractivity contribution in [3.63, 3.8) is 0 Å². The molecule has 10 heteroatoms. The normalized spacial score (nSPS) is 11.1. The number of carbonyl (C=O) groups is 2. The molecule has 0 heterocycles. The fraction of sp³-hybridized carbons (Fsp3) is 0.143. The third-order valence-electron chi connectivity index (χ3n) is 5.79. The van der Waals surface area contributed by atoms with E-state index >= 15 is 0 Å². The van der Waals surface area contributed by atoms with E-state index in [4.69, 9.17) is 14.2 Å². The number of para-hydroxylation sites is 1. The molecule has 0 N–H and O–H groups in total. The van der Waals surface area contributed by atoms with E-state index in [1.807, 2.05) is 0 Å². The minimum absolute atomic E-state index is 0.00547. The first kappa shape index (κ1) is 26.6. The van der Waals surface area contributed by atoms with Gasteiger partial charge in [-0.25, -0.2) is 12.8 Å². The van der Waals surface area contributed by atoms with Crippen LogP contribution in [0.2, 0.25) is 0 Å². The molecule has 0 bridgehead atoms. The van der Waals surface area contributed by atoms with Crippen LogP contribution < -0.4 is 9.04 Å². The van der Waals surface area contributed by atoms with Crippen molar-refractivity contribution in [2.75, 3.05) is 25.1 Å². The minimum Gasteiger partial charge on any atom is -0.469 e. The van der Waals surface area contributed by atoms with E-state index in [2.05, 4.69) is 0 Å². The van der Waals surface area contributed by atoms with Gasteiger partial charge in [-0.3, -0.25) is 13.9 Å². The molecule has 0 aromatic heterocycles. The Balaban J connectivity index is 1.82. The molecule has 0 fully saturated rings. The molecule has 0 radical (unpaired) electrons. The summed E-state index contributed by atoms with van der Waals surface area (Å²) in [6.07, 6.45) is 0.00547. The average molecular weight is 538 g/mol. The van der Waals surface area contributed by atoms with Gasteiger partial charge in [-0.2, -0.15) is 0 Å². The highest BCUT2D eigenvalue weighted by Gasteiger charge is 2.29. The van der Waals surface area contributed by atoms with Gasteiger partial charge in [-0.1, -0.05) is 42.5 Å². The zero-order valence-electron chi connectivity index (χ0n) is 20.6. The number of fused-ring (bicyclic) bond motifs is 1. The summed E-state index contributed by atoms with van der Waals surface area (Å²) in [5, 5.41) is 1.03. The molecule has 38 heavy (non-hydrogen) atoms. The number of hydrogen-bond donors (Lipinski definition) is 0. The molecular formula is C28H24FNO7S. The maximum Gasteiger partial charge on any atom is 0.326 e. The Morgan fingerprint density at radius 3 is 2.08 bits per heavy atom. The lowest BCUT2D eigenvalue weighted by atomic mass is 10.1. The molecule has 0 aliphatic heterocycles. The molecule has 4 aromatic carbocycles. The van der Waals surface area contributed by atoms with E-state index in [1.165, 1.54) is 13.2 Å². The molecule has 196 valence electrons. The van der Waals surface area contributed by atoms with E-state index in [-0.39, 0.29) is 17.0 Å². The van der Waals surface area contributed by atoms with Crippen LogP contribution in [0.5, 0.6) is 11.5 Å². The number of esters is 2. The smallest absolute Gasteiger partial charge is 0.326 e. The van der Waals surface area contributed by atoms with Crippen LogP contribution in [-0.4, -0.2) is 41.1 Å². The standard InChI is InChI=1S/C28H24FNO7S/c1-35-27(31)17-19-7-3-6-10-25(19)37-26-16-15-24(22-8-4-5-9-23(22)26)30(18-28(32)36-2)38(33,34)21-13-11-20(29)12-14-21/h3-16H,17-18H2,1-2H3. The van der Waals surface area contributed by atoms with Crippen molar-refractivity contribution in [2.45, 2.75) is 11.3 Å². The van der Waals surface area contributed by atoms with Gasteiger partial charge in [0, 0.05) is 16.3 Å². The molecule has 0 spiro atoms. The van der Waals surface area contributed by atoms with E-state index < -0.39 is 34.3 Å². The molecule has 0 aliphatic rings. The fourth-order valence-electron chi connectivity index (χ4n) is 3.87. The third-order valence-corrected chi connectivity index (χ3v) is 7.56. The highest BCUT2D eigenvalue weighted by molar-refractivity contribution is 7.92. The van der Waals surface area contributed by atoms with Crippen molar-refractivity contribution in [2.24, 2.45) is 0 Å². The van der Waals surface area contributed by atoms with Crippen molar-refractivity contribution < 1.29 is 36.6 Å². The van der Waals surface area contributed by atoms with Crippen LogP contribution in [0.25, 0.3) is 10.8 Å². The highest BCUT2D eigenvalue weighted by atomic mass is 32.2. The van der Waals surface area contributed by atoms with Crippen molar-refractivity contribution in [1.82, 2.24) is 0 Å². The molecule has 0 saturated carbocycles. The van der Waals surface area contributed by atoms with Gasteiger partial charge in [-0.05, 0) is 42.5 Å². The number of anilines is 1. The lowest BCUT2D eigenvalue weighted by molar-refractivity contribution is -0.140. The Hall–Kier alpha value is -4.44. The molecule has 0 atom stereocenters. The van der Waals surface area contributed by atoms with Crippen molar-refractivity contribution >= 4 is 38.4 Å². The summed E-state index contributed by atoms with van der Waals surface area (Å²) in [5.74, 6) is -0.967. The molecule has 0 saturated heterocycles. The summed E-state index contributed by atoms with van der Waals surface area (Å²) < 4.78 is 57.3. The topological polar surface area (TPSA) is 99.2 Å². The number of hydrogen-bond acceptors (Lipinski definition) is 7. The quantitative estimate of drug-likeness (QED) is 0.281. The molecule has 8 nitrogen and oxygen atoms in total. The Kier molecular flexibility index (Phi) is 7.92. The summed E-state index contributed by atoms with van der Waals surface area (Å²) in [6.45, 7) is -0.609. The number of carbonyl (C=O) groups excluding carboxylic acids is 2. The Morgan fingerprint density at radius 2 is 1.39 bits per heavy atom. The van der Waals surface area contributed by atoms with Crippen LogP contribution in [0.1, 0.15) is 5.56 Å². The maximum absolute atomic E-state index is 13.6. The van der Waals surface area contributed by atoms with Gasteiger partial charge in [0.2, 0.25) is 0 Å². The summed E-state index contributed by atoms with van der Waals surface area (Å²) in [6, 6.07) is 21.4. The second kappa shape index (κ2) is 11.3. The molecule has 0 aliphatic carbocycles. The SMILES string of the molecule is COC(=O)Cc1ccccc1Oc1ccc(N(CC(=O)OC)S(=O)(=O)c2ccc(F)cc2)c2ccccc12. The van der Waals surface area contributed by atoms with Crippen LogP contribution in [0.3, 0.4) is 0 Å². The highest BCUT2D eigenvalue weighted by Crippen LogP contribution is 2.38. The van der Waals surface area contributed by atoms with Crippen LogP contribution in [0, 0.1) is 5.82 Å². The van der Waals surface area contributed by atoms with E-state index in [0.717, 1.165) is 35.7 Å². The lowest BCUT2D eigenvalue weighted by Crippen LogP contribution is -2.36. The van der Waals surface area contributed by atoms with E-state index in [1.54, 1.807) is 54.6 Å². The van der Waals surface area contributed by atoms with Gasteiger partial charge in [-0.15, -0.1) is 0 Å². The second-order valence-electron chi connectivity index (χ2n) is 8.13. The third kappa shape index (κ3) is 5.60. The van der Waals surface area contributed by atoms with Gasteiger partial charge in [0.1, 0.15) is 23.9 Å². The van der Waals surface area contributed by atoms with Crippen LogP contribution in [0.4, 0.5) is 10.1 Å². The monoisotopic (exact) mass is 537 g/mol. The number of benzene rings is 4. The first-order chi connectivity index (χ1) is 18.2. The predicted molar refractivity (Wildman–Crippen MR) is 139 cm³/mol. The van der Waals surface area contributed by atoms with Crippen LogP contribution in [-0.2, 0) is 35.5 Å². The number of methoxy groups -OCH3 is 2. The summed E-state index contributed by atoms with van der Waals surface area (Å²) in [5.41, 5.74) is 0.809. The van der Waals surface area contributed by atoms with Crippen LogP contribution >= 0.6 is 0 Å². The first-order valence-electron chi connectivity index (χ1n) is 11.4. The summed E-state index contributed by atoms with van der Waals surface area (Å²) >= 11 is 0. The summed E-state index contributed by atoms with van der Waals surface area (Å²) in [7, 11) is -1.83. The maximum atomic E-state index is 13.6.